The summed E-state index contributed by atoms with van der Waals surface area (Å²) in [6.45, 7) is 2.43. The summed E-state index contributed by atoms with van der Waals surface area (Å²) in [6.07, 6.45) is 7.79. The number of piperidine rings is 1. The molecule has 1 aromatic heterocycles. The number of aromatic nitrogens is 3. The van der Waals surface area contributed by atoms with E-state index in [1.807, 2.05) is 42.5 Å². The molecule has 0 bridgehead atoms. The van der Waals surface area contributed by atoms with Gasteiger partial charge in [0.2, 0.25) is 0 Å². The molecule has 3 rings (SSSR count). The topological polar surface area (TPSA) is 71.8 Å². The maximum absolute atomic E-state index is 12.1. The van der Waals surface area contributed by atoms with E-state index >= 15 is 0 Å². The van der Waals surface area contributed by atoms with E-state index in [2.05, 4.69) is 20.9 Å². The number of hydrogen-bond donors (Lipinski definition) is 2. The first kappa shape index (κ1) is 15.4. The van der Waals surface area contributed by atoms with Gasteiger partial charge in [-0.3, -0.25) is 4.79 Å². The molecule has 1 amide bonds. The zero-order valence-electron chi connectivity index (χ0n) is 13.0. The zero-order valence-corrected chi connectivity index (χ0v) is 13.0. The van der Waals surface area contributed by atoms with E-state index in [1.165, 1.54) is 0 Å². The molecule has 0 spiro atoms. The molecule has 0 radical (unpaired) electrons. The molecule has 1 fully saturated rings. The number of carbonyl (C=O) groups excluding carboxylic acids is 1. The Morgan fingerprint density at radius 3 is 3.04 bits per heavy atom. The van der Waals surface area contributed by atoms with E-state index in [1.54, 1.807) is 10.9 Å². The summed E-state index contributed by atoms with van der Waals surface area (Å²) in [5, 5.41) is 14.2. The third-order valence-corrected chi connectivity index (χ3v) is 3.81. The lowest BCUT2D eigenvalue weighted by Crippen LogP contribution is -2.45. The molecule has 23 heavy (non-hydrogen) atoms. The van der Waals surface area contributed by atoms with Crippen LogP contribution in [0.4, 0.5) is 0 Å². The van der Waals surface area contributed by atoms with Gasteiger partial charge < -0.3 is 10.6 Å². The number of rotatable bonds is 5. The molecule has 1 atom stereocenters. The normalized spacial score (nSPS) is 18.2. The molecule has 1 aliphatic heterocycles. The van der Waals surface area contributed by atoms with Gasteiger partial charge in [0, 0.05) is 12.6 Å². The van der Waals surface area contributed by atoms with Crippen LogP contribution in [0.5, 0.6) is 0 Å². The largest absolute Gasteiger partial charge is 0.347 e. The third kappa shape index (κ3) is 4.50. The van der Waals surface area contributed by atoms with Gasteiger partial charge in [-0.1, -0.05) is 47.7 Å². The predicted octanol–water partition coefficient (Wildman–Crippen LogP) is 1.47. The number of nitrogens with zero attached hydrogens (tertiary/aromatic N) is 3. The fraction of sp³-hybridized carbons (Fsp3) is 0.353. The average Bonchev–Trinajstić information content (AvgIpc) is 3.06. The maximum atomic E-state index is 12.1. The van der Waals surface area contributed by atoms with Crippen molar-refractivity contribution in [3.05, 3.63) is 53.9 Å². The number of carbonyl (C=O) groups is 1. The summed E-state index contributed by atoms with van der Waals surface area (Å²) in [5.41, 5.74) is 1.50. The van der Waals surface area contributed by atoms with Crippen molar-refractivity contribution in [3.63, 3.8) is 0 Å². The molecule has 6 heteroatoms. The quantitative estimate of drug-likeness (QED) is 0.877. The van der Waals surface area contributed by atoms with Gasteiger partial charge in [-0.05, 0) is 24.9 Å². The molecule has 0 unspecified atom stereocenters. The minimum Gasteiger partial charge on any atom is -0.347 e. The lowest BCUT2D eigenvalue weighted by atomic mass is 10.1. The lowest BCUT2D eigenvalue weighted by molar-refractivity contribution is 0.0925. The molecule has 2 heterocycles. The van der Waals surface area contributed by atoms with Crippen molar-refractivity contribution in [3.8, 4) is 0 Å². The standard InChI is InChI=1S/C17H21N5O/c23-17(19-15-9-4-10-18-12-15)16-13-22(21-20-16)11-5-8-14-6-2-1-3-7-14/h1-3,5-8,13,15,18H,4,9-12H2,(H,19,23)/t15-/m0/s1. The van der Waals surface area contributed by atoms with Crippen LogP contribution >= 0.6 is 0 Å². The lowest BCUT2D eigenvalue weighted by Gasteiger charge is -2.23. The van der Waals surface area contributed by atoms with Crippen LogP contribution in [0.2, 0.25) is 0 Å². The summed E-state index contributed by atoms with van der Waals surface area (Å²) < 4.78 is 1.66. The Bertz CT molecular complexity index is 659. The van der Waals surface area contributed by atoms with E-state index in [9.17, 15) is 4.79 Å². The van der Waals surface area contributed by atoms with Crippen LogP contribution in [0.3, 0.4) is 0 Å². The molecule has 1 aliphatic rings. The average molecular weight is 311 g/mol. The van der Waals surface area contributed by atoms with Crippen LogP contribution in [0.15, 0.2) is 42.6 Å². The van der Waals surface area contributed by atoms with Gasteiger partial charge >= 0.3 is 0 Å². The van der Waals surface area contributed by atoms with Crippen LogP contribution < -0.4 is 10.6 Å². The SMILES string of the molecule is O=C(N[C@H]1CCCNC1)c1cn(CC=Cc2ccccc2)nn1. The van der Waals surface area contributed by atoms with Crippen LogP contribution in [-0.2, 0) is 6.54 Å². The molecular weight excluding hydrogens is 290 g/mol. The van der Waals surface area contributed by atoms with Gasteiger partial charge in [0.15, 0.2) is 5.69 Å². The highest BCUT2D eigenvalue weighted by Gasteiger charge is 2.18. The minimum absolute atomic E-state index is 0.156. The van der Waals surface area contributed by atoms with Crippen LogP contribution in [0.1, 0.15) is 28.9 Å². The summed E-state index contributed by atoms with van der Waals surface area (Å²) in [4.78, 5) is 12.1. The highest BCUT2D eigenvalue weighted by atomic mass is 16.2. The van der Waals surface area contributed by atoms with E-state index in [-0.39, 0.29) is 11.9 Å². The van der Waals surface area contributed by atoms with Gasteiger partial charge in [0.05, 0.1) is 12.7 Å². The van der Waals surface area contributed by atoms with Gasteiger partial charge in [-0.2, -0.15) is 0 Å². The number of allylic oxidation sites excluding steroid dienone is 1. The van der Waals surface area contributed by atoms with Gasteiger partial charge in [0.1, 0.15) is 0 Å². The third-order valence-electron chi connectivity index (χ3n) is 3.81. The van der Waals surface area contributed by atoms with Gasteiger partial charge in [-0.15, -0.1) is 5.10 Å². The van der Waals surface area contributed by atoms with Gasteiger partial charge in [-0.25, -0.2) is 4.68 Å². The number of nitrogens with one attached hydrogen (secondary N) is 2. The Morgan fingerprint density at radius 1 is 1.39 bits per heavy atom. The summed E-state index contributed by atoms with van der Waals surface area (Å²) in [6, 6.07) is 10.2. The summed E-state index contributed by atoms with van der Waals surface area (Å²) in [5.74, 6) is -0.156. The number of amides is 1. The predicted molar refractivity (Wildman–Crippen MR) is 88.9 cm³/mol. The number of benzene rings is 1. The minimum atomic E-state index is -0.156. The second-order valence-electron chi connectivity index (χ2n) is 5.66. The van der Waals surface area contributed by atoms with Crippen LogP contribution in [0, 0.1) is 0 Å². The second-order valence-corrected chi connectivity index (χ2v) is 5.66. The summed E-state index contributed by atoms with van der Waals surface area (Å²) in [7, 11) is 0. The van der Waals surface area contributed by atoms with Crippen molar-refractivity contribution >= 4 is 12.0 Å². The fourth-order valence-corrected chi connectivity index (χ4v) is 2.59. The van der Waals surface area contributed by atoms with Crippen LogP contribution in [0.25, 0.3) is 6.08 Å². The first-order valence-corrected chi connectivity index (χ1v) is 7.94. The molecule has 1 saturated heterocycles. The van der Waals surface area contributed by atoms with Crippen molar-refractivity contribution in [2.75, 3.05) is 13.1 Å². The monoisotopic (exact) mass is 311 g/mol. The molecule has 2 aromatic rings. The Kier molecular flexibility index (Phi) is 5.16. The van der Waals surface area contributed by atoms with Crippen molar-refractivity contribution < 1.29 is 4.79 Å². The Morgan fingerprint density at radius 2 is 2.26 bits per heavy atom. The molecule has 6 nitrogen and oxygen atoms in total. The Hall–Kier alpha value is -2.47. The van der Waals surface area contributed by atoms with Crippen LogP contribution in [-0.4, -0.2) is 40.0 Å². The molecular formula is C17H21N5O. The van der Waals surface area contributed by atoms with Crippen molar-refractivity contribution in [1.29, 1.82) is 0 Å². The molecule has 0 saturated carbocycles. The molecule has 0 aliphatic carbocycles. The smallest absolute Gasteiger partial charge is 0.273 e. The first-order chi connectivity index (χ1) is 11.3. The van der Waals surface area contributed by atoms with E-state index in [0.29, 0.717) is 12.2 Å². The van der Waals surface area contributed by atoms with Crippen molar-refractivity contribution in [2.45, 2.75) is 25.4 Å². The summed E-state index contributed by atoms with van der Waals surface area (Å²) >= 11 is 0. The Balaban J connectivity index is 1.53. The number of hydrogen-bond acceptors (Lipinski definition) is 4. The van der Waals surface area contributed by atoms with Crippen molar-refractivity contribution in [2.24, 2.45) is 0 Å². The Labute approximate surface area is 135 Å². The molecule has 120 valence electrons. The maximum Gasteiger partial charge on any atom is 0.273 e. The zero-order chi connectivity index (χ0) is 15.9. The van der Waals surface area contributed by atoms with Gasteiger partial charge in [0.25, 0.3) is 5.91 Å². The molecule has 2 N–H and O–H groups in total. The molecule has 1 aromatic carbocycles. The van der Waals surface area contributed by atoms with E-state index < -0.39 is 0 Å². The van der Waals surface area contributed by atoms with E-state index in [0.717, 1.165) is 31.5 Å². The van der Waals surface area contributed by atoms with Crippen molar-refractivity contribution in [1.82, 2.24) is 25.6 Å². The van der Waals surface area contributed by atoms with E-state index in [4.69, 9.17) is 0 Å². The first-order valence-electron chi connectivity index (χ1n) is 7.94. The highest BCUT2D eigenvalue weighted by molar-refractivity contribution is 5.92. The fourth-order valence-electron chi connectivity index (χ4n) is 2.59. The highest BCUT2D eigenvalue weighted by Crippen LogP contribution is 2.04. The second kappa shape index (κ2) is 7.69.